The van der Waals surface area contributed by atoms with Crippen LogP contribution >= 0.6 is 0 Å². The molecule has 2 aliphatic rings. The van der Waals surface area contributed by atoms with Crippen LogP contribution in [0.5, 0.6) is 0 Å². The Kier molecular flexibility index (Phi) is 7.97. The molecule has 2 aliphatic heterocycles. The van der Waals surface area contributed by atoms with Crippen LogP contribution in [0.3, 0.4) is 0 Å². The molecule has 29 heavy (non-hydrogen) atoms. The van der Waals surface area contributed by atoms with Gasteiger partial charge in [0.2, 0.25) is 0 Å². The van der Waals surface area contributed by atoms with E-state index in [9.17, 15) is 22.8 Å². The maximum absolute atomic E-state index is 12.3. The van der Waals surface area contributed by atoms with E-state index in [1.165, 1.54) is 12.0 Å². The Labute approximate surface area is 170 Å². The van der Waals surface area contributed by atoms with Crippen molar-refractivity contribution in [3.05, 3.63) is 0 Å². The number of urea groups is 1. The van der Waals surface area contributed by atoms with Gasteiger partial charge >= 0.3 is 22.4 Å². The summed E-state index contributed by atoms with van der Waals surface area (Å²) in [6.07, 6.45) is 2.00. The number of hydroxylamine groups is 2. The smallest absolute Gasteiger partial charge is 0.421 e. The number of carbonyl (C=O) groups excluding carboxylic acids is 3. The van der Waals surface area contributed by atoms with Crippen molar-refractivity contribution in [2.24, 2.45) is 5.41 Å². The van der Waals surface area contributed by atoms with Crippen molar-refractivity contribution in [2.45, 2.75) is 51.6 Å². The highest BCUT2D eigenvalue weighted by Crippen LogP contribution is 2.31. The highest BCUT2D eigenvalue weighted by atomic mass is 32.3. The number of aldehydes is 1. The molecule has 0 unspecified atom stereocenters. The first-order chi connectivity index (χ1) is 13.6. The van der Waals surface area contributed by atoms with Crippen molar-refractivity contribution in [1.29, 1.82) is 0 Å². The second-order valence-corrected chi connectivity index (χ2v) is 9.02. The molecule has 0 radical (unpaired) electrons. The molecule has 166 valence electrons. The van der Waals surface area contributed by atoms with E-state index in [0.29, 0.717) is 32.2 Å². The summed E-state index contributed by atoms with van der Waals surface area (Å²) in [5.41, 5.74) is -0.659. The molecular formula is C17H28N2O9S. The van der Waals surface area contributed by atoms with E-state index in [-0.39, 0.29) is 26.2 Å². The van der Waals surface area contributed by atoms with Gasteiger partial charge in [0.1, 0.15) is 12.9 Å². The maximum Gasteiger partial charge on any atom is 0.421 e. The zero-order valence-electron chi connectivity index (χ0n) is 16.9. The fourth-order valence-electron chi connectivity index (χ4n) is 3.08. The summed E-state index contributed by atoms with van der Waals surface area (Å²) in [6, 6.07) is -1.69. The molecule has 2 atom stereocenters. The van der Waals surface area contributed by atoms with E-state index >= 15 is 0 Å². The molecule has 2 saturated heterocycles. The number of rotatable bonds is 12. The van der Waals surface area contributed by atoms with Gasteiger partial charge in [0.05, 0.1) is 25.3 Å². The van der Waals surface area contributed by atoms with Gasteiger partial charge in [-0.25, -0.2) is 8.98 Å². The molecule has 2 rings (SSSR count). The predicted molar refractivity (Wildman–Crippen MR) is 98.6 cm³/mol. The summed E-state index contributed by atoms with van der Waals surface area (Å²) in [6.45, 7) is 3.91. The number of amides is 2. The molecule has 11 nitrogen and oxygen atoms in total. The Morgan fingerprint density at radius 3 is 2.66 bits per heavy atom. The number of hydrogen-bond donors (Lipinski definition) is 0. The third kappa shape index (κ3) is 6.63. The number of esters is 1. The summed E-state index contributed by atoms with van der Waals surface area (Å²) < 4.78 is 44.0. The second-order valence-electron chi connectivity index (χ2n) is 7.82. The first kappa shape index (κ1) is 23.5. The van der Waals surface area contributed by atoms with Crippen LogP contribution in [0.25, 0.3) is 0 Å². The van der Waals surface area contributed by atoms with E-state index in [4.69, 9.17) is 17.9 Å². The third-order valence-corrected chi connectivity index (χ3v) is 5.60. The van der Waals surface area contributed by atoms with Gasteiger partial charge in [-0.15, -0.1) is 4.28 Å². The summed E-state index contributed by atoms with van der Waals surface area (Å²) >= 11 is 0. The Bertz CT molecular complexity index is 710. The highest BCUT2D eigenvalue weighted by molar-refractivity contribution is 7.81. The average molecular weight is 436 g/mol. The summed E-state index contributed by atoms with van der Waals surface area (Å²) in [5.74, 6) is -0.414. The average Bonchev–Trinajstić information content (AvgIpc) is 2.90. The summed E-state index contributed by atoms with van der Waals surface area (Å²) in [5, 5.41) is 0.763. The van der Waals surface area contributed by atoms with Gasteiger partial charge in [-0.3, -0.25) is 4.79 Å². The van der Waals surface area contributed by atoms with Crippen molar-refractivity contribution in [1.82, 2.24) is 9.96 Å². The normalized spacial score (nSPS) is 22.1. The van der Waals surface area contributed by atoms with Crippen molar-refractivity contribution < 1.29 is 40.7 Å². The fourth-order valence-corrected chi connectivity index (χ4v) is 3.96. The molecule has 12 heteroatoms. The Morgan fingerprint density at radius 2 is 2.00 bits per heavy atom. The predicted octanol–water partition coefficient (Wildman–Crippen LogP) is 0.643. The van der Waals surface area contributed by atoms with Gasteiger partial charge in [-0.1, -0.05) is 13.8 Å². The van der Waals surface area contributed by atoms with Gasteiger partial charge in [0, 0.05) is 20.1 Å². The minimum Gasteiger partial charge on any atom is -0.463 e. The van der Waals surface area contributed by atoms with Crippen molar-refractivity contribution in [2.75, 3.05) is 33.5 Å². The Hall–Kier alpha value is -1.76. The lowest BCUT2D eigenvalue weighted by Crippen LogP contribution is -2.40. The lowest BCUT2D eigenvalue weighted by Gasteiger charge is -2.26. The SMILES string of the molecule is COCCOC(=O)CCC(C)(C)COS(=O)(=O)ON1C(=O)N2C[C@H]1CC[C@H]2C=O. The summed E-state index contributed by atoms with van der Waals surface area (Å²) in [4.78, 5) is 36.3. The van der Waals surface area contributed by atoms with Crippen LogP contribution in [-0.2, 0) is 37.9 Å². The van der Waals surface area contributed by atoms with Crippen LogP contribution in [0, 0.1) is 5.41 Å². The second kappa shape index (κ2) is 9.83. The molecule has 0 saturated carbocycles. The first-order valence-electron chi connectivity index (χ1n) is 9.37. The molecule has 2 bridgehead atoms. The monoisotopic (exact) mass is 436 g/mol. The summed E-state index contributed by atoms with van der Waals surface area (Å²) in [7, 11) is -3.00. The van der Waals surface area contributed by atoms with E-state index in [1.54, 1.807) is 13.8 Å². The molecular weight excluding hydrogens is 408 g/mol. The number of piperidine rings is 1. The number of ether oxygens (including phenoxy) is 2. The van der Waals surface area contributed by atoms with E-state index in [1.807, 2.05) is 0 Å². The quantitative estimate of drug-likeness (QED) is 0.246. The topological polar surface area (TPSA) is 129 Å². The molecule has 0 aromatic rings. The number of nitrogens with zero attached hydrogens (tertiary/aromatic N) is 2. The van der Waals surface area contributed by atoms with Crippen molar-refractivity contribution >= 4 is 28.7 Å². The van der Waals surface area contributed by atoms with Crippen LogP contribution < -0.4 is 0 Å². The minimum atomic E-state index is -4.49. The van der Waals surface area contributed by atoms with E-state index in [0.717, 1.165) is 5.06 Å². The number of hydrogen-bond acceptors (Lipinski definition) is 9. The van der Waals surface area contributed by atoms with Crippen molar-refractivity contribution in [3.63, 3.8) is 0 Å². The van der Waals surface area contributed by atoms with Crippen LogP contribution in [-0.4, -0.2) is 82.2 Å². The number of carbonyl (C=O) groups is 3. The first-order valence-corrected chi connectivity index (χ1v) is 10.7. The minimum absolute atomic E-state index is 0.0930. The molecule has 2 fully saturated rings. The molecule has 0 spiro atoms. The van der Waals surface area contributed by atoms with E-state index in [2.05, 4.69) is 0 Å². The fraction of sp³-hybridized carbons (Fsp3) is 0.824. The maximum atomic E-state index is 12.3. The lowest BCUT2D eigenvalue weighted by molar-refractivity contribution is -0.145. The molecule has 2 heterocycles. The van der Waals surface area contributed by atoms with Crippen LogP contribution in [0.4, 0.5) is 4.79 Å². The van der Waals surface area contributed by atoms with E-state index < -0.39 is 39.9 Å². The van der Waals surface area contributed by atoms with Crippen LogP contribution in [0.2, 0.25) is 0 Å². The van der Waals surface area contributed by atoms with Crippen LogP contribution in [0.15, 0.2) is 0 Å². The number of methoxy groups -OCH3 is 1. The zero-order chi connectivity index (χ0) is 21.7. The van der Waals surface area contributed by atoms with Gasteiger partial charge in [-0.05, 0) is 24.7 Å². The van der Waals surface area contributed by atoms with Gasteiger partial charge in [0.25, 0.3) is 0 Å². The van der Waals surface area contributed by atoms with Gasteiger partial charge in [0.15, 0.2) is 0 Å². The molecule has 0 aromatic heterocycles. The largest absolute Gasteiger partial charge is 0.463 e. The Balaban J connectivity index is 1.82. The molecule has 0 aliphatic carbocycles. The zero-order valence-corrected chi connectivity index (χ0v) is 17.7. The molecule has 0 aromatic carbocycles. The van der Waals surface area contributed by atoms with Gasteiger partial charge in [-0.2, -0.15) is 13.5 Å². The lowest BCUT2D eigenvalue weighted by atomic mass is 9.89. The molecule has 2 amide bonds. The van der Waals surface area contributed by atoms with Crippen molar-refractivity contribution in [3.8, 4) is 0 Å². The third-order valence-electron chi connectivity index (χ3n) is 4.85. The molecule has 0 N–H and O–H groups in total. The highest BCUT2D eigenvalue weighted by Gasteiger charge is 2.47. The van der Waals surface area contributed by atoms with Gasteiger partial charge < -0.3 is 19.2 Å². The standard InChI is InChI=1S/C17H28N2O9S/c1-17(2,7-6-15(21)26-9-8-25-3)12-27-29(23,24)28-19-13-4-5-14(11-20)18(10-13)16(19)22/h11,13-14H,4-10,12H2,1-3H3/t13-,14+/m1/s1. The van der Waals surface area contributed by atoms with Crippen LogP contribution in [0.1, 0.15) is 39.5 Å². The number of fused-ring (bicyclic) bond motifs is 2. The Morgan fingerprint density at radius 1 is 1.28 bits per heavy atom.